The third-order valence-electron chi connectivity index (χ3n) is 5.53. The fourth-order valence-electron chi connectivity index (χ4n) is 3.73. The van der Waals surface area contributed by atoms with Gasteiger partial charge in [0.15, 0.2) is 4.77 Å². The van der Waals surface area contributed by atoms with Crippen molar-refractivity contribution in [3.8, 4) is 5.69 Å². The molecule has 0 fully saturated rings. The van der Waals surface area contributed by atoms with Crippen molar-refractivity contribution in [1.82, 2.24) is 9.55 Å². The van der Waals surface area contributed by atoms with Gasteiger partial charge in [-0.05, 0) is 79.2 Å². The lowest BCUT2D eigenvalue weighted by Gasteiger charge is -2.13. The second-order valence-corrected chi connectivity index (χ2v) is 10.0. The summed E-state index contributed by atoms with van der Waals surface area (Å²) in [7, 11) is -3.69. The normalized spacial score (nSPS) is 11.5. The van der Waals surface area contributed by atoms with Crippen LogP contribution in [0.2, 0.25) is 0 Å². The fourth-order valence-corrected chi connectivity index (χ4v) is 4.67. The van der Waals surface area contributed by atoms with Crippen molar-refractivity contribution in [2.45, 2.75) is 19.6 Å². The Balaban J connectivity index is 1.69. The number of carbonyl (C=O) groups excluding carboxylic acids is 1. The molecule has 0 aliphatic rings. The molecule has 10 heteroatoms. The van der Waals surface area contributed by atoms with Crippen molar-refractivity contribution < 1.29 is 13.2 Å². The van der Waals surface area contributed by atoms with Gasteiger partial charge >= 0.3 is 0 Å². The van der Waals surface area contributed by atoms with Gasteiger partial charge in [-0.3, -0.25) is 14.2 Å². The van der Waals surface area contributed by atoms with Crippen molar-refractivity contribution >= 4 is 44.7 Å². The molecule has 4 aromatic rings. The molecule has 3 aromatic carbocycles. The monoisotopic (exact) mass is 494 g/mol. The van der Waals surface area contributed by atoms with Gasteiger partial charge in [0.05, 0.1) is 22.3 Å². The van der Waals surface area contributed by atoms with Gasteiger partial charge in [0, 0.05) is 11.3 Å². The van der Waals surface area contributed by atoms with E-state index in [1.165, 1.54) is 4.57 Å². The summed E-state index contributed by atoms with van der Waals surface area (Å²) in [6, 6.07) is 16.8. The Morgan fingerprint density at radius 1 is 1.09 bits per heavy atom. The summed E-state index contributed by atoms with van der Waals surface area (Å²) in [6.45, 7) is 3.90. The number of sulfonamides is 1. The summed E-state index contributed by atoms with van der Waals surface area (Å²) in [6.07, 6.45) is 0. The van der Waals surface area contributed by atoms with Crippen LogP contribution in [0, 0.1) is 18.6 Å². The number of nitrogens with one attached hydrogen (secondary N) is 2. The first-order chi connectivity index (χ1) is 16.0. The van der Waals surface area contributed by atoms with E-state index in [9.17, 15) is 18.0 Å². The quantitative estimate of drug-likeness (QED) is 0.365. The van der Waals surface area contributed by atoms with Crippen LogP contribution >= 0.6 is 12.2 Å². The average Bonchev–Trinajstić information content (AvgIpc) is 2.75. The maximum Gasteiger partial charge on any atom is 0.266 e. The second kappa shape index (κ2) is 8.98. The summed E-state index contributed by atoms with van der Waals surface area (Å²) >= 11 is 5.47. The number of anilines is 1. The van der Waals surface area contributed by atoms with Gasteiger partial charge in [0.25, 0.3) is 11.5 Å². The van der Waals surface area contributed by atoms with E-state index in [2.05, 4.69) is 10.3 Å². The molecule has 0 unspecified atom stereocenters. The number of hydrogen-bond donors (Lipinski definition) is 3. The Labute approximate surface area is 201 Å². The summed E-state index contributed by atoms with van der Waals surface area (Å²) in [5, 5.41) is 8.22. The minimum Gasteiger partial charge on any atom is -0.331 e. The lowest BCUT2D eigenvalue weighted by molar-refractivity contribution is 0.102. The van der Waals surface area contributed by atoms with Gasteiger partial charge in [-0.25, -0.2) is 13.6 Å². The van der Waals surface area contributed by atoms with Crippen molar-refractivity contribution in [2.24, 2.45) is 5.14 Å². The molecule has 4 rings (SSSR count). The number of benzene rings is 3. The molecule has 8 nitrogen and oxygen atoms in total. The molecular formula is C24H22N4O4S2. The highest BCUT2D eigenvalue weighted by Gasteiger charge is 2.14. The molecule has 0 saturated carbocycles. The zero-order valence-electron chi connectivity index (χ0n) is 18.5. The number of aromatic nitrogens is 2. The van der Waals surface area contributed by atoms with Gasteiger partial charge in [-0.15, -0.1) is 0 Å². The Hall–Kier alpha value is -3.60. The highest BCUT2D eigenvalue weighted by Crippen LogP contribution is 2.19. The van der Waals surface area contributed by atoms with Crippen LogP contribution in [0.4, 0.5) is 5.69 Å². The van der Waals surface area contributed by atoms with Gasteiger partial charge in [0.1, 0.15) is 0 Å². The standard InChI is InChI=1S/C24H22N4O4S2/c1-14-5-3-8-21(15(14)2)28-23(30)19-10-9-17(12-20(19)27-24(28)33)22(29)26-18-7-4-6-16(11-18)13-34(25,31)32/h3-12H,13H2,1-2H3,(H,26,29)(H,27,33)(H2,25,31,32). The first kappa shape index (κ1) is 23.6. The Kier molecular flexibility index (Phi) is 6.22. The molecular weight excluding hydrogens is 472 g/mol. The van der Waals surface area contributed by atoms with Crippen molar-refractivity contribution in [3.05, 3.63) is 98.0 Å². The Morgan fingerprint density at radius 2 is 1.82 bits per heavy atom. The van der Waals surface area contributed by atoms with E-state index in [-0.39, 0.29) is 16.1 Å². The summed E-state index contributed by atoms with van der Waals surface area (Å²) in [4.78, 5) is 29.1. The molecule has 0 aliphatic heterocycles. The van der Waals surface area contributed by atoms with Crippen LogP contribution in [0.3, 0.4) is 0 Å². The third kappa shape index (κ3) is 4.84. The maximum atomic E-state index is 13.3. The van der Waals surface area contributed by atoms with Crippen LogP contribution in [-0.4, -0.2) is 23.9 Å². The highest BCUT2D eigenvalue weighted by atomic mass is 32.2. The van der Waals surface area contributed by atoms with Gasteiger partial charge in [-0.2, -0.15) is 0 Å². The molecule has 0 radical (unpaired) electrons. The first-order valence-electron chi connectivity index (χ1n) is 10.3. The molecule has 1 aromatic heterocycles. The number of H-pyrrole nitrogens is 1. The average molecular weight is 495 g/mol. The largest absolute Gasteiger partial charge is 0.331 e. The maximum absolute atomic E-state index is 13.3. The lowest BCUT2D eigenvalue weighted by atomic mass is 10.1. The number of nitrogens with two attached hydrogens (primary N) is 1. The molecule has 1 heterocycles. The van der Waals surface area contributed by atoms with Crippen molar-refractivity contribution in [1.29, 1.82) is 0 Å². The number of hydrogen-bond acceptors (Lipinski definition) is 5. The molecule has 4 N–H and O–H groups in total. The summed E-state index contributed by atoms with van der Waals surface area (Å²) in [5.74, 6) is -0.761. The molecule has 1 amide bonds. The number of aryl methyl sites for hydroxylation is 1. The molecule has 0 aliphatic carbocycles. The molecule has 0 bridgehead atoms. The number of aromatic amines is 1. The van der Waals surface area contributed by atoms with E-state index < -0.39 is 15.9 Å². The van der Waals surface area contributed by atoms with Crippen LogP contribution in [0.25, 0.3) is 16.6 Å². The molecule has 0 spiro atoms. The zero-order chi connectivity index (χ0) is 24.6. The van der Waals surface area contributed by atoms with Crippen LogP contribution in [0.15, 0.2) is 65.5 Å². The van der Waals surface area contributed by atoms with Crippen LogP contribution in [0.1, 0.15) is 27.0 Å². The van der Waals surface area contributed by atoms with Gasteiger partial charge < -0.3 is 10.3 Å². The van der Waals surface area contributed by atoms with Crippen molar-refractivity contribution in [2.75, 3.05) is 5.32 Å². The Morgan fingerprint density at radius 3 is 2.56 bits per heavy atom. The first-order valence-corrected chi connectivity index (χ1v) is 12.4. The number of carbonyl (C=O) groups is 1. The predicted octanol–water partition coefficient (Wildman–Crippen LogP) is 3.71. The van der Waals surface area contributed by atoms with E-state index in [1.807, 2.05) is 32.0 Å². The second-order valence-electron chi connectivity index (χ2n) is 8.01. The number of rotatable bonds is 5. The fraction of sp³-hybridized carbons (Fsp3) is 0.125. The summed E-state index contributed by atoms with van der Waals surface area (Å²) in [5.41, 5.74) is 4.03. The van der Waals surface area contributed by atoms with E-state index >= 15 is 0 Å². The lowest BCUT2D eigenvalue weighted by Crippen LogP contribution is -2.22. The topological polar surface area (TPSA) is 127 Å². The number of fused-ring (bicyclic) bond motifs is 1. The van der Waals surface area contributed by atoms with Gasteiger partial charge in [-0.1, -0.05) is 24.3 Å². The minimum atomic E-state index is -3.69. The Bertz CT molecular complexity index is 1670. The van der Waals surface area contributed by atoms with E-state index in [0.29, 0.717) is 33.4 Å². The van der Waals surface area contributed by atoms with E-state index in [4.69, 9.17) is 17.4 Å². The molecule has 34 heavy (non-hydrogen) atoms. The SMILES string of the molecule is Cc1cccc(-n2c(=S)[nH]c3cc(C(=O)Nc4cccc(CS(N)(=O)=O)c4)ccc3c2=O)c1C. The third-order valence-corrected chi connectivity index (χ3v) is 6.55. The van der Waals surface area contributed by atoms with E-state index in [1.54, 1.807) is 42.5 Å². The highest BCUT2D eigenvalue weighted by molar-refractivity contribution is 7.88. The van der Waals surface area contributed by atoms with Crippen molar-refractivity contribution in [3.63, 3.8) is 0 Å². The van der Waals surface area contributed by atoms with Gasteiger partial charge in [0.2, 0.25) is 10.0 Å². The van der Waals surface area contributed by atoms with Crippen LogP contribution in [-0.2, 0) is 15.8 Å². The molecule has 174 valence electrons. The number of primary sulfonamides is 1. The molecule has 0 atom stereocenters. The van der Waals surface area contributed by atoms with E-state index in [0.717, 1.165) is 11.1 Å². The zero-order valence-corrected chi connectivity index (χ0v) is 20.1. The molecule has 0 saturated heterocycles. The minimum absolute atomic E-state index is 0.222. The summed E-state index contributed by atoms with van der Waals surface area (Å²) < 4.78 is 24.3. The van der Waals surface area contributed by atoms with Crippen LogP contribution in [0.5, 0.6) is 0 Å². The number of nitrogens with zero attached hydrogens (tertiary/aromatic N) is 1. The number of amides is 1. The smallest absolute Gasteiger partial charge is 0.266 e. The van der Waals surface area contributed by atoms with Crippen LogP contribution < -0.4 is 16.0 Å². The predicted molar refractivity (Wildman–Crippen MR) is 135 cm³/mol.